The Morgan fingerprint density at radius 2 is 1.64 bits per heavy atom. The molecule has 0 bridgehead atoms. The van der Waals surface area contributed by atoms with Crippen LogP contribution >= 0.6 is 0 Å². The predicted molar refractivity (Wildman–Crippen MR) is 161 cm³/mol. The zero-order valence-electron chi connectivity index (χ0n) is 25.8. The fourth-order valence-corrected chi connectivity index (χ4v) is 5.41. The largest absolute Gasteiger partial charge is 0.394 e. The van der Waals surface area contributed by atoms with E-state index in [1.807, 2.05) is 27.0 Å². The fraction of sp³-hybridized carbons (Fsp3) is 0.613. The van der Waals surface area contributed by atoms with Crippen molar-refractivity contribution in [2.24, 2.45) is 5.92 Å². The van der Waals surface area contributed by atoms with Crippen molar-refractivity contribution in [1.29, 1.82) is 0 Å². The van der Waals surface area contributed by atoms with Gasteiger partial charge >= 0.3 is 6.18 Å². The summed E-state index contributed by atoms with van der Waals surface area (Å²) in [5.41, 5.74) is 3.07. The number of aliphatic hydroxyl groups excluding tert-OH is 1. The minimum atomic E-state index is -3.93. The highest BCUT2D eigenvalue weighted by atomic mass is 32.2. The summed E-state index contributed by atoms with van der Waals surface area (Å²) in [7, 11) is -1.29. The van der Waals surface area contributed by atoms with Gasteiger partial charge in [-0.25, -0.2) is 8.42 Å². The molecule has 2 aliphatic rings. The molecule has 1 aliphatic heterocycles. The monoisotopic (exact) mass is 615 g/mol. The smallest absolute Gasteiger partial charge is 0.391 e. The van der Waals surface area contributed by atoms with Crippen molar-refractivity contribution >= 4 is 15.7 Å². The molecule has 1 aromatic carbocycles. The van der Waals surface area contributed by atoms with Crippen molar-refractivity contribution in [1.82, 2.24) is 15.2 Å². The topological polar surface area (TPSA) is 99.6 Å². The van der Waals surface area contributed by atoms with Gasteiger partial charge in [-0.15, -0.1) is 0 Å². The Kier molecular flexibility index (Phi) is 16.3. The number of hydrogen-bond donors (Lipinski definition) is 2. The number of nitrogens with one attached hydrogen (secondary N) is 1. The summed E-state index contributed by atoms with van der Waals surface area (Å²) < 4.78 is 59.6. The van der Waals surface area contributed by atoms with Gasteiger partial charge in [-0.05, 0) is 49.2 Å². The number of aliphatic hydroxyl groups is 1. The van der Waals surface area contributed by atoms with Crippen LogP contribution in [0.4, 0.5) is 13.2 Å². The third-order valence-electron chi connectivity index (χ3n) is 6.76. The lowest BCUT2D eigenvalue weighted by Crippen LogP contribution is -2.31. The first-order valence-electron chi connectivity index (χ1n) is 14.8. The van der Waals surface area contributed by atoms with Gasteiger partial charge in [0, 0.05) is 19.3 Å². The maximum Gasteiger partial charge on any atom is 0.391 e. The van der Waals surface area contributed by atoms with Crippen molar-refractivity contribution < 1.29 is 31.5 Å². The molecule has 4 rings (SSSR count). The lowest BCUT2D eigenvalue weighted by molar-refractivity contribution is -0.181. The molecule has 1 amide bonds. The van der Waals surface area contributed by atoms with Gasteiger partial charge < -0.3 is 10.4 Å². The lowest BCUT2D eigenvalue weighted by atomic mass is 9.89. The van der Waals surface area contributed by atoms with Gasteiger partial charge in [-0.2, -0.15) is 13.2 Å². The average Bonchev–Trinajstić information content (AvgIpc) is 3.37. The Balaban J connectivity index is 0.000000488. The Labute approximate surface area is 249 Å². The van der Waals surface area contributed by atoms with Gasteiger partial charge in [0.15, 0.2) is 9.84 Å². The molecule has 2 aromatic rings. The molecular formula is C31H48F3N3O4S. The molecule has 1 aromatic heterocycles. The third-order valence-corrected chi connectivity index (χ3v) is 8.51. The number of amides is 1. The third kappa shape index (κ3) is 11.6. The number of aromatic nitrogens is 1. The number of halogens is 3. The Morgan fingerprint density at radius 3 is 2.12 bits per heavy atom. The Morgan fingerprint density at radius 1 is 1.07 bits per heavy atom. The van der Waals surface area contributed by atoms with Gasteiger partial charge in [-0.3, -0.25) is 14.7 Å². The zero-order valence-corrected chi connectivity index (χ0v) is 26.6. The minimum Gasteiger partial charge on any atom is -0.394 e. The number of carbonyl (C=O) groups is 1. The van der Waals surface area contributed by atoms with Crippen LogP contribution in [-0.2, 0) is 22.9 Å². The molecular weight excluding hydrogens is 567 g/mol. The van der Waals surface area contributed by atoms with Crippen LogP contribution in [0.5, 0.6) is 0 Å². The van der Waals surface area contributed by atoms with Crippen molar-refractivity contribution in [2.75, 3.05) is 19.4 Å². The molecule has 2 N–H and O–H groups in total. The normalized spacial score (nSPS) is 16.0. The Hall–Kier alpha value is -2.50. The van der Waals surface area contributed by atoms with E-state index < -0.39 is 28.0 Å². The lowest BCUT2D eigenvalue weighted by Gasteiger charge is -2.23. The molecule has 1 saturated carbocycles. The maximum atomic E-state index is 12.6. The number of rotatable bonds is 6. The number of sulfone groups is 1. The van der Waals surface area contributed by atoms with Gasteiger partial charge in [0.1, 0.15) is 0 Å². The number of carbonyl (C=O) groups excluding carboxylic acids is 1. The second kappa shape index (κ2) is 18.2. The quantitative estimate of drug-likeness (QED) is 0.369. The minimum absolute atomic E-state index is 0.0209. The average molecular weight is 616 g/mol. The van der Waals surface area contributed by atoms with Gasteiger partial charge in [-0.1, -0.05) is 72.4 Å². The van der Waals surface area contributed by atoms with Crippen molar-refractivity contribution in [3.8, 4) is 0 Å². The Bertz CT molecular complexity index is 1180. The van der Waals surface area contributed by atoms with E-state index in [1.54, 1.807) is 25.3 Å². The van der Waals surface area contributed by atoms with E-state index >= 15 is 0 Å². The maximum absolute atomic E-state index is 12.6. The van der Waals surface area contributed by atoms with Crippen LogP contribution in [0.2, 0.25) is 0 Å². The highest BCUT2D eigenvalue weighted by molar-refractivity contribution is 7.91. The van der Waals surface area contributed by atoms with E-state index in [-0.39, 0.29) is 23.2 Å². The molecule has 1 unspecified atom stereocenters. The number of pyridine rings is 1. The number of benzene rings is 1. The summed E-state index contributed by atoms with van der Waals surface area (Å²) in [6, 6.07) is 7.41. The van der Waals surface area contributed by atoms with E-state index in [2.05, 4.69) is 29.0 Å². The van der Waals surface area contributed by atoms with Crippen molar-refractivity contribution in [2.45, 2.75) is 103 Å². The summed E-state index contributed by atoms with van der Waals surface area (Å²) in [6.45, 7) is 11.1. The van der Waals surface area contributed by atoms with Crippen LogP contribution in [0.25, 0.3) is 0 Å². The fourth-order valence-electron chi connectivity index (χ4n) is 4.52. The SMILES string of the molecule is CC.CCC.CCS(=O)(=O)c1ccc(C(CO)NC(=O)c2cnc3c(c2)CN(C)C3)cc1.FC(F)(F)C1CCCCC1. The summed E-state index contributed by atoms with van der Waals surface area (Å²) in [4.78, 5) is 19.3. The van der Waals surface area contributed by atoms with Crippen LogP contribution in [0.3, 0.4) is 0 Å². The number of fused-ring (bicyclic) bond motifs is 1. The molecule has 238 valence electrons. The molecule has 1 aliphatic carbocycles. The van der Waals surface area contributed by atoms with Gasteiger partial charge in [0.2, 0.25) is 0 Å². The first kappa shape index (κ1) is 37.5. The molecule has 1 fully saturated rings. The van der Waals surface area contributed by atoms with E-state index in [0.717, 1.165) is 43.6 Å². The summed E-state index contributed by atoms with van der Waals surface area (Å²) in [6.07, 6.45) is 2.05. The molecule has 0 radical (unpaired) electrons. The number of alkyl halides is 3. The van der Waals surface area contributed by atoms with Crippen LogP contribution in [0.15, 0.2) is 41.4 Å². The first-order valence-corrected chi connectivity index (χ1v) is 16.5. The zero-order chi connectivity index (χ0) is 31.9. The highest BCUT2D eigenvalue weighted by Gasteiger charge is 2.39. The van der Waals surface area contributed by atoms with E-state index in [4.69, 9.17) is 0 Å². The van der Waals surface area contributed by atoms with Gasteiger partial charge in [0.05, 0.1) is 40.5 Å². The van der Waals surface area contributed by atoms with Crippen molar-refractivity contribution in [3.05, 3.63) is 58.9 Å². The standard InChI is InChI=1S/C19H23N3O4S.C7H11F3.C3H8.C2H6/c1-3-27(25,26)16-6-4-13(5-7-16)18(12-23)21-19(24)14-8-15-10-22(2)11-17(15)20-9-14;8-7(9,10)6-4-2-1-3-5-6;1-3-2;1-2/h4-9,18,23H,3,10-12H2,1-2H3,(H,21,24);6H,1-5H2;3H2,1-2H3;1-2H3. The van der Waals surface area contributed by atoms with Gasteiger partial charge in [0.25, 0.3) is 5.91 Å². The second-order valence-electron chi connectivity index (χ2n) is 10.3. The molecule has 42 heavy (non-hydrogen) atoms. The molecule has 11 heteroatoms. The molecule has 7 nitrogen and oxygen atoms in total. The van der Waals surface area contributed by atoms with E-state index in [9.17, 15) is 31.5 Å². The van der Waals surface area contributed by atoms with Crippen LogP contribution in [0.1, 0.15) is 106 Å². The number of hydrogen-bond acceptors (Lipinski definition) is 6. The van der Waals surface area contributed by atoms with Crippen LogP contribution < -0.4 is 5.32 Å². The second-order valence-corrected chi connectivity index (χ2v) is 12.5. The van der Waals surface area contributed by atoms with E-state index in [0.29, 0.717) is 24.0 Å². The van der Waals surface area contributed by atoms with Crippen molar-refractivity contribution in [3.63, 3.8) is 0 Å². The number of nitrogens with zero attached hydrogens (tertiary/aromatic N) is 2. The summed E-state index contributed by atoms with van der Waals surface area (Å²) >= 11 is 0. The van der Waals surface area contributed by atoms with E-state index in [1.165, 1.54) is 18.6 Å². The van der Waals surface area contributed by atoms with Crippen LogP contribution in [0, 0.1) is 5.92 Å². The predicted octanol–water partition coefficient (Wildman–Crippen LogP) is 6.86. The summed E-state index contributed by atoms with van der Waals surface area (Å²) in [5.74, 6) is -1.31. The molecule has 2 heterocycles. The first-order chi connectivity index (χ1) is 19.9. The summed E-state index contributed by atoms with van der Waals surface area (Å²) in [5, 5.41) is 12.5. The molecule has 0 saturated heterocycles. The highest BCUT2D eigenvalue weighted by Crippen LogP contribution is 2.37. The molecule has 1 atom stereocenters. The van der Waals surface area contributed by atoms with Crippen LogP contribution in [-0.4, -0.2) is 54.9 Å². The molecule has 0 spiro atoms.